The van der Waals surface area contributed by atoms with Crippen molar-refractivity contribution in [1.29, 1.82) is 0 Å². The van der Waals surface area contributed by atoms with Gasteiger partial charge < -0.3 is 10.0 Å². The van der Waals surface area contributed by atoms with Crippen LogP contribution in [0.15, 0.2) is 48.5 Å². The van der Waals surface area contributed by atoms with E-state index in [9.17, 15) is 9.50 Å². The Morgan fingerprint density at radius 1 is 1.00 bits per heavy atom. The molecule has 2 heterocycles. The van der Waals surface area contributed by atoms with Crippen molar-refractivity contribution >= 4 is 5.82 Å². The number of pyridine rings is 1. The molecule has 1 aromatic heterocycles. The smallest absolute Gasteiger partial charge is 0.128 e. The summed E-state index contributed by atoms with van der Waals surface area (Å²) in [7, 11) is 0. The molecule has 2 aromatic rings. The number of aromatic nitrogens is 1. The van der Waals surface area contributed by atoms with Crippen LogP contribution in [0.2, 0.25) is 0 Å². The van der Waals surface area contributed by atoms with E-state index in [2.05, 4.69) is 22.0 Å². The first-order valence-corrected chi connectivity index (χ1v) is 8.19. The number of aliphatic hydroxyl groups excluding tert-OH is 1. The number of halogens is 1. The van der Waals surface area contributed by atoms with Gasteiger partial charge in [-0.15, -0.1) is 0 Å². The molecule has 1 saturated heterocycles. The lowest BCUT2D eigenvalue weighted by molar-refractivity contribution is 0.174. The van der Waals surface area contributed by atoms with Gasteiger partial charge in [-0.3, -0.25) is 0 Å². The number of hydrogen-bond acceptors (Lipinski definition) is 3. The second-order valence-electron chi connectivity index (χ2n) is 6.48. The van der Waals surface area contributed by atoms with Gasteiger partial charge in [0.15, 0.2) is 0 Å². The number of fused-ring (bicyclic) bond motifs is 1. The molecule has 1 aliphatic heterocycles. The molecule has 4 heteroatoms. The minimum atomic E-state index is -0.178. The van der Waals surface area contributed by atoms with Gasteiger partial charge in [-0.05, 0) is 55.9 Å². The van der Waals surface area contributed by atoms with Gasteiger partial charge in [-0.25, -0.2) is 9.37 Å². The Morgan fingerprint density at radius 3 is 2.17 bits per heavy atom. The van der Waals surface area contributed by atoms with Crippen LogP contribution in [-0.4, -0.2) is 29.3 Å². The number of anilines is 1. The van der Waals surface area contributed by atoms with Gasteiger partial charge in [-0.2, -0.15) is 0 Å². The van der Waals surface area contributed by atoms with E-state index in [4.69, 9.17) is 0 Å². The zero-order chi connectivity index (χ0) is 16.2. The fourth-order valence-corrected chi connectivity index (χ4v) is 3.57. The Morgan fingerprint density at radius 2 is 1.65 bits per heavy atom. The lowest BCUT2D eigenvalue weighted by Crippen LogP contribution is -2.23. The first-order chi connectivity index (χ1) is 11.1. The van der Waals surface area contributed by atoms with Gasteiger partial charge in [0.1, 0.15) is 11.6 Å². The average Bonchev–Trinajstić information content (AvgIpc) is 3.06. The van der Waals surface area contributed by atoms with Crippen molar-refractivity contribution in [3.63, 3.8) is 0 Å². The summed E-state index contributed by atoms with van der Waals surface area (Å²) in [4.78, 5) is 6.93. The summed E-state index contributed by atoms with van der Waals surface area (Å²) < 4.78 is 11.9. The number of hydrogen-bond donors (Lipinski definition) is 1. The molecule has 1 N–H and O–H groups in total. The van der Waals surface area contributed by atoms with Crippen molar-refractivity contribution in [3.05, 3.63) is 60.0 Å². The number of rotatable bonds is 1. The lowest BCUT2D eigenvalue weighted by Gasteiger charge is -2.19. The van der Waals surface area contributed by atoms with Crippen LogP contribution in [0.4, 0.5) is 10.2 Å². The molecule has 0 bridgehead atoms. The van der Waals surface area contributed by atoms with Crippen LogP contribution in [0, 0.1) is 24.6 Å². The Balaban J connectivity index is 0.000000188. The SMILES string of the molecule is Cc1cccc(N2C[C@H]3CC(O)C[C@H]3C2)n1.Fc1ccccc1. The van der Waals surface area contributed by atoms with Crippen molar-refractivity contribution in [2.75, 3.05) is 18.0 Å². The minimum absolute atomic E-state index is 0.0531. The van der Waals surface area contributed by atoms with Crippen LogP contribution in [0.1, 0.15) is 18.5 Å². The molecule has 23 heavy (non-hydrogen) atoms. The third-order valence-corrected chi connectivity index (χ3v) is 4.66. The van der Waals surface area contributed by atoms with Crippen molar-refractivity contribution < 1.29 is 9.50 Å². The molecule has 1 aliphatic carbocycles. The van der Waals surface area contributed by atoms with Crippen molar-refractivity contribution in [2.45, 2.75) is 25.9 Å². The molecule has 2 aliphatic rings. The molecule has 3 atom stereocenters. The zero-order valence-corrected chi connectivity index (χ0v) is 13.4. The van der Waals surface area contributed by atoms with Crippen LogP contribution < -0.4 is 4.90 Å². The molecular weight excluding hydrogens is 291 g/mol. The summed E-state index contributed by atoms with van der Waals surface area (Å²) in [5, 5.41) is 9.60. The maximum absolute atomic E-state index is 11.9. The van der Waals surface area contributed by atoms with Crippen molar-refractivity contribution in [2.24, 2.45) is 11.8 Å². The maximum Gasteiger partial charge on any atom is 0.128 e. The quantitative estimate of drug-likeness (QED) is 0.876. The third kappa shape index (κ3) is 4.08. The second kappa shape index (κ2) is 7.09. The van der Waals surface area contributed by atoms with Crippen LogP contribution in [-0.2, 0) is 0 Å². The predicted octanol–water partition coefficient (Wildman–Crippen LogP) is 3.42. The van der Waals surface area contributed by atoms with E-state index in [0.29, 0.717) is 11.8 Å². The summed E-state index contributed by atoms with van der Waals surface area (Å²) in [6.45, 7) is 4.17. The zero-order valence-electron chi connectivity index (χ0n) is 13.4. The molecule has 122 valence electrons. The number of aryl methyl sites for hydroxylation is 1. The first kappa shape index (κ1) is 15.9. The summed E-state index contributed by atoms with van der Waals surface area (Å²) in [6, 6.07) is 14.1. The molecule has 3 nitrogen and oxygen atoms in total. The van der Waals surface area contributed by atoms with Gasteiger partial charge in [-0.1, -0.05) is 24.3 Å². The largest absolute Gasteiger partial charge is 0.393 e. The molecule has 1 saturated carbocycles. The van der Waals surface area contributed by atoms with E-state index in [1.165, 1.54) is 12.1 Å². The summed E-state index contributed by atoms with van der Waals surface area (Å²) in [5.41, 5.74) is 1.08. The topological polar surface area (TPSA) is 36.4 Å². The summed E-state index contributed by atoms with van der Waals surface area (Å²) in [6.07, 6.45) is 1.91. The normalized spacial score (nSPS) is 25.7. The highest BCUT2D eigenvalue weighted by Gasteiger charge is 2.40. The van der Waals surface area contributed by atoms with E-state index >= 15 is 0 Å². The standard InChI is InChI=1S/C13H18N2O.C6H5F/c1-9-3-2-4-13(14-9)15-7-10-5-12(16)6-11(10)8-15;7-6-4-2-1-3-5-6/h2-4,10-12,16H,5-8H2,1H3;1-5H/t10-,11+,12?;. The van der Waals surface area contributed by atoms with Crippen LogP contribution in [0.3, 0.4) is 0 Å². The Bertz CT molecular complexity index is 620. The summed E-state index contributed by atoms with van der Waals surface area (Å²) in [5.74, 6) is 2.28. The first-order valence-electron chi connectivity index (χ1n) is 8.19. The summed E-state index contributed by atoms with van der Waals surface area (Å²) >= 11 is 0. The van der Waals surface area contributed by atoms with Crippen molar-refractivity contribution in [1.82, 2.24) is 4.98 Å². The minimum Gasteiger partial charge on any atom is -0.393 e. The van der Waals surface area contributed by atoms with E-state index in [-0.39, 0.29) is 11.9 Å². The highest BCUT2D eigenvalue weighted by molar-refractivity contribution is 5.41. The Kier molecular flexibility index (Phi) is 4.91. The highest BCUT2D eigenvalue weighted by Crippen LogP contribution is 2.39. The van der Waals surface area contributed by atoms with Crippen LogP contribution >= 0.6 is 0 Å². The fraction of sp³-hybridized carbons (Fsp3) is 0.421. The Labute approximate surface area is 136 Å². The monoisotopic (exact) mass is 314 g/mol. The molecule has 0 amide bonds. The van der Waals surface area contributed by atoms with Crippen LogP contribution in [0.25, 0.3) is 0 Å². The Hall–Kier alpha value is -1.94. The fourth-order valence-electron chi connectivity index (χ4n) is 3.57. The predicted molar refractivity (Wildman–Crippen MR) is 89.8 cm³/mol. The van der Waals surface area contributed by atoms with Gasteiger partial charge in [0.2, 0.25) is 0 Å². The number of aliphatic hydroxyl groups is 1. The molecule has 4 rings (SSSR count). The lowest BCUT2D eigenvalue weighted by atomic mass is 10.0. The molecule has 0 radical (unpaired) electrons. The second-order valence-corrected chi connectivity index (χ2v) is 6.48. The molecule has 1 aromatic carbocycles. The van der Waals surface area contributed by atoms with Gasteiger partial charge in [0.25, 0.3) is 0 Å². The van der Waals surface area contributed by atoms with Crippen LogP contribution in [0.5, 0.6) is 0 Å². The number of benzene rings is 1. The molecular formula is C19H23FN2O. The van der Waals surface area contributed by atoms with E-state index < -0.39 is 0 Å². The molecule has 2 fully saturated rings. The number of nitrogens with zero attached hydrogens (tertiary/aromatic N) is 2. The third-order valence-electron chi connectivity index (χ3n) is 4.66. The molecule has 0 spiro atoms. The van der Waals surface area contributed by atoms with E-state index in [1.807, 2.05) is 13.0 Å². The average molecular weight is 314 g/mol. The maximum atomic E-state index is 11.9. The van der Waals surface area contributed by atoms with E-state index in [0.717, 1.165) is 37.4 Å². The highest BCUT2D eigenvalue weighted by atomic mass is 19.1. The van der Waals surface area contributed by atoms with E-state index in [1.54, 1.807) is 18.2 Å². The molecule has 1 unspecified atom stereocenters. The van der Waals surface area contributed by atoms with Gasteiger partial charge in [0, 0.05) is 18.8 Å². The van der Waals surface area contributed by atoms with Crippen molar-refractivity contribution in [3.8, 4) is 0 Å². The van der Waals surface area contributed by atoms with Gasteiger partial charge >= 0.3 is 0 Å². The van der Waals surface area contributed by atoms with Gasteiger partial charge in [0.05, 0.1) is 6.10 Å².